The molecule has 0 radical (unpaired) electrons. The van der Waals surface area contributed by atoms with E-state index in [0.29, 0.717) is 22.1 Å². The van der Waals surface area contributed by atoms with E-state index >= 15 is 0 Å². The summed E-state index contributed by atoms with van der Waals surface area (Å²) >= 11 is 6.12. The van der Waals surface area contributed by atoms with Gasteiger partial charge in [0.25, 0.3) is 0 Å². The van der Waals surface area contributed by atoms with Gasteiger partial charge in [0.05, 0.1) is 13.7 Å². The Morgan fingerprint density at radius 3 is 2.65 bits per heavy atom. The van der Waals surface area contributed by atoms with Crippen LogP contribution in [0.2, 0.25) is 5.02 Å². The average molecular weight is 372 g/mol. The second kappa shape index (κ2) is 9.50. The molecule has 0 atom stereocenters. The molecule has 0 aliphatic rings. The fraction of sp³-hybridized carbons (Fsp3) is 0.200. The predicted octanol–water partition coefficient (Wildman–Crippen LogP) is 4.40. The highest BCUT2D eigenvalue weighted by atomic mass is 35.5. The highest BCUT2D eigenvalue weighted by Crippen LogP contribution is 2.30. The lowest BCUT2D eigenvalue weighted by molar-refractivity contribution is -0.137. The summed E-state index contributed by atoms with van der Waals surface area (Å²) in [5.74, 6) is 0.346. The number of halogens is 1. The number of carbonyl (C=O) groups is 1. The van der Waals surface area contributed by atoms with Crippen LogP contribution in [0.3, 0.4) is 0 Å². The van der Waals surface area contributed by atoms with E-state index in [-0.39, 0.29) is 18.8 Å². The zero-order valence-electron chi connectivity index (χ0n) is 14.5. The number of benzene rings is 2. The molecule has 0 aromatic heterocycles. The van der Waals surface area contributed by atoms with Gasteiger partial charge < -0.3 is 14.2 Å². The number of carbonyl (C=O) groups excluding carboxylic acids is 1. The topological polar surface area (TPSA) is 68.6 Å². The van der Waals surface area contributed by atoms with Gasteiger partial charge in [0.15, 0.2) is 11.5 Å². The Morgan fingerprint density at radius 1 is 1.23 bits per heavy atom. The molecule has 0 aliphatic heterocycles. The van der Waals surface area contributed by atoms with Crippen LogP contribution in [0.4, 0.5) is 0 Å². The van der Waals surface area contributed by atoms with Crippen molar-refractivity contribution in [2.75, 3.05) is 13.7 Å². The fourth-order valence-corrected chi connectivity index (χ4v) is 2.37. The zero-order valence-corrected chi connectivity index (χ0v) is 15.2. The van der Waals surface area contributed by atoms with E-state index in [0.717, 1.165) is 5.56 Å². The van der Waals surface area contributed by atoms with Gasteiger partial charge in [-0.25, -0.2) is 4.79 Å². The number of ether oxygens (including phenoxy) is 3. The number of nitriles is 1. The molecular formula is C20H18ClNO4. The lowest BCUT2D eigenvalue weighted by Gasteiger charge is -2.12. The van der Waals surface area contributed by atoms with Crippen molar-refractivity contribution < 1.29 is 19.0 Å². The number of rotatable bonds is 7. The maximum atomic E-state index is 11.7. The third-order valence-electron chi connectivity index (χ3n) is 3.46. The summed E-state index contributed by atoms with van der Waals surface area (Å²) in [7, 11) is 1.52. The van der Waals surface area contributed by atoms with E-state index in [1.165, 1.54) is 13.2 Å². The summed E-state index contributed by atoms with van der Waals surface area (Å²) in [6.45, 7) is 2.18. The second-order valence-corrected chi connectivity index (χ2v) is 5.59. The Hall–Kier alpha value is -2.97. The molecule has 0 amide bonds. The first kappa shape index (κ1) is 19.4. The number of esters is 1. The monoisotopic (exact) mass is 371 g/mol. The molecule has 0 saturated heterocycles. The van der Waals surface area contributed by atoms with Gasteiger partial charge in [0.1, 0.15) is 18.2 Å². The minimum absolute atomic E-state index is 0.0846. The summed E-state index contributed by atoms with van der Waals surface area (Å²) < 4.78 is 16.0. The minimum Gasteiger partial charge on any atom is -0.493 e. The van der Waals surface area contributed by atoms with Crippen LogP contribution in [0.1, 0.15) is 18.1 Å². The molecule has 0 heterocycles. The van der Waals surface area contributed by atoms with Crippen LogP contribution in [-0.2, 0) is 16.1 Å². The number of methoxy groups -OCH3 is 1. The van der Waals surface area contributed by atoms with Crippen LogP contribution in [0.5, 0.6) is 11.5 Å². The molecule has 2 aromatic carbocycles. The highest BCUT2D eigenvalue weighted by molar-refractivity contribution is 6.31. The van der Waals surface area contributed by atoms with Gasteiger partial charge in [0, 0.05) is 10.6 Å². The molecular weight excluding hydrogens is 354 g/mol. The first-order chi connectivity index (χ1) is 12.6. The van der Waals surface area contributed by atoms with Crippen molar-refractivity contribution in [2.24, 2.45) is 0 Å². The lowest BCUT2D eigenvalue weighted by Crippen LogP contribution is -2.06. The van der Waals surface area contributed by atoms with Crippen LogP contribution in [0.15, 0.2) is 48.0 Å². The van der Waals surface area contributed by atoms with E-state index in [2.05, 4.69) is 0 Å². The summed E-state index contributed by atoms with van der Waals surface area (Å²) in [6, 6.07) is 14.4. The van der Waals surface area contributed by atoms with Gasteiger partial charge in [-0.2, -0.15) is 5.26 Å². The van der Waals surface area contributed by atoms with Gasteiger partial charge in [-0.1, -0.05) is 35.9 Å². The SMILES string of the molecule is CCOC(=O)/C(C#N)=C/c1ccc(OCc2ccccc2Cl)c(OC)c1. The summed E-state index contributed by atoms with van der Waals surface area (Å²) in [5.41, 5.74) is 1.39. The number of hydrogen-bond donors (Lipinski definition) is 0. The molecule has 0 bridgehead atoms. The largest absolute Gasteiger partial charge is 0.493 e. The van der Waals surface area contributed by atoms with E-state index in [9.17, 15) is 4.79 Å². The summed E-state index contributed by atoms with van der Waals surface area (Å²) in [5, 5.41) is 9.74. The molecule has 0 aliphatic carbocycles. The van der Waals surface area contributed by atoms with Crippen LogP contribution in [-0.4, -0.2) is 19.7 Å². The molecule has 2 aromatic rings. The Morgan fingerprint density at radius 2 is 2.00 bits per heavy atom. The Kier molecular flexibility index (Phi) is 7.07. The average Bonchev–Trinajstić information content (AvgIpc) is 2.66. The van der Waals surface area contributed by atoms with E-state index in [4.69, 9.17) is 31.1 Å². The molecule has 5 nitrogen and oxygen atoms in total. The quantitative estimate of drug-likeness (QED) is 0.410. The van der Waals surface area contributed by atoms with Gasteiger partial charge in [0.2, 0.25) is 0 Å². The molecule has 6 heteroatoms. The third kappa shape index (κ3) is 5.01. The first-order valence-electron chi connectivity index (χ1n) is 7.92. The Balaban J connectivity index is 2.20. The first-order valence-corrected chi connectivity index (χ1v) is 8.30. The van der Waals surface area contributed by atoms with Crippen LogP contribution in [0, 0.1) is 11.3 Å². The molecule has 26 heavy (non-hydrogen) atoms. The smallest absolute Gasteiger partial charge is 0.348 e. The fourth-order valence-electron chi connectivity index (χ4n) is 2.18. The van der Waals surface area contributed by atoms with Gasteiger partial charge >= 0.3 is 5.97 Å². The van der Waals surface area contributed by atoms with Crippen molar-refractivity contribution in [3.05, 3.63) is 64.2 Å². The molecule has 0 N–H and O–H groups in total. The van der Waals surface area contributed by atoms with Gasteiger partial charge in [-0.15, -0.1) is 0 Å². The van der Waals surface area contributed by atoms with Crippen molar-refractivity contribution >= 4 is 23.6 Å². The van der Waals surface area contributed by atoms with E-state index in [1.54, 1.807) is 31.2 Å². The van der Waals surface area contributed by atoms with Crippen LogP contribution >= 0.6 is 11.6 Å². The molecule has 0 saturated carbocycles. The molecule has 134 valence electrons. The number of hydrogen-bond acceptors (Lipinski definition) is 5. The molecule has 0 unspecified atom stereocenters. The van der Waals surface area contributed by atoms with Crippen molar-refractivity contribution in [3.8, 4) is 17.6 Å². The number of nitrogens with zero attached hydrogens (tertiary/aromatic N) is 1. The standard InChI is InChI=1S/C20H18ClNO4/c1-3-25-20(23)16(12-22)10-14-8-9-18(19(11-14)24-2)26-13-15-6-4-5-7-17(15)21/h4-11H,3,13H2,1-2H3/b16-10+. The van der Waals surface area contributed by atoms with Crippen molar-refractivity contribution in [1.82, 2.24) is 0 Å². The second-order valence-electron chi connectivity index (χ2n) is 5.18. The highest BCUT2D eigenvalue weighted by Gasteiger charge is 2.12. The van der Waals surface area contributed by atoms with Crippen molar-refractivity contribution in [1.29, 1.82) is 5.26 Å². The maximum Gasteiger partial charge on any atom is 0.348 e. The maximum absolute atomic E-state index is 11.7. The molecule has 2 rings (SSSR count). The van der Waals surface area contributed by atoms with Crippen LogP contribution < -0.4 is 9.47 Å². The van der Waals surface area contributed by atoms with Crippen molar-refractivity contribution in [3.63, 3.8) is 0 Å². The Labute approximate surface area is 157 Å². The molecule has 0 spiro atoms. The van der Waals surface area contributed by atoms with E-state index < -0.39 is 5.97 Å². The minimum atomic E-state index is -0.659. The summed E-state index contributed by atoms with van der Waals surface area (Å²) in [4.78, 5) is 11.7. The van der Waals surface area contributed by atoms with Gasteiger partial charge in [-0.3, -0.25) is 0 Å². The van der Waals surface area contributed by atoms with Gasteiger partial charge in [-0.05, 0) is 36.8 Å². The summed E-state index contributed by atoms with van der Waals surface area (Å²) in [6.07, 6.45) is 1.44. The lowest BCUT2D eigenvalue weighted by atomic mass is 10.1. The zero-order chi connectivity index (χ0) is 18.9. The predicted molar refractivity (Wildman–Crippen MR) is 99.0 cm³/mol. The van der Waals surface area contributed by atoms with Crippen molar-refractivity contribution in [2.45, 2.75) is 13.5 Å². The molecule has 0 fully saturated rings. The normalized spacial score (nSPS) is 10.8. The Bertz CT molecular complexity index is 855. The van der Waals surface area contributed by atoms with Crippen LogP contribution in [0.25, 0.3) is 6.08 Å². The van der Waals surface area contributed by atoms with E-state index in [1.807, 2.05) is 24.3 Å². The third-order valence-corrected chi connectivity index (χ3v) is 3.82.